The lowest BCUT2D eigenvalue weighted by Crippen LogP contribution is -2.52. The van der Waals surface area contributed by atoms with E-state index in [2.05, 4.69) is 79.8 Å². The van der Waals surface area contributed by atoms with Crippen molar-refractivity contribution in [2.45, 2.75) is 85.0 Å². The van der Waals surface area contributed by atoms with Crippen LogP contribution in [0.5, 0.6) is 0 Å². The molecule has 5 rings (SSSR count). The predicted octanol–water partition coefficient (Wildman–Crippen LogP) is 7.78. The molecule has 210 valence electrons. The second-order valence-corrected chi connectivity index (χ2v) is 12.6. The van der Waals surface area contributed by atoms with Gasteiger partial charge in [-0.3, -0.25) is 4.79 Å². The molecule has 1 amide bonds. The van der Waals surface area contributed by atoms with E-state index < -0.39 is 0 Å². The van der Waals surface area contributed by atoms with Gasteiger partial charge in [-0.25, -0.2) is 0 Å². The maximum Gasteiger partial charge on any atom is 0.225 e. The van der Waals surface area contributed by atoms with E-state index in [4.69, 9.17) is 0 Å². The first-order chi connectivity index (χ1) is 18.9. The van der Waals surface area contributed by atoms with Crippen molar-refractivity contribution >= 4 is 22.4 Å². The third-order valence-corrected chi connectivity index (χ3v) is 10.3. The minimum atomic E-state index is 0.275. The number of aromatic nitrogens is 1. The van der Waals surface area contributed by atoms with Crippen LogP contribution in [-0.2, 0) is 11.2 Å². The van der Waals surface area contributed by atoms with Gasteiger partial charge in [0, 0.05) is 35.6 Å². The summed E-state index contributed by atoms with van der Waals surface area (Å²) in [5, 5.41) is 4.82. The molecule has 1 saturated carbocycles. The monoisotopic (exact) mass is 527 g/mol. The highest BCUT2D eigenvalue weighted by Gasteiger charge is 2.48. The van der Waals surface area contributed by atoms with Crippen LogP contribution in [0, 0.1) is 17.3 Å². The summed E-state index contributed by atoms with van der Waals surface area (Å²) >= 11 is 0. The van der Waals surface area contributed by atoms with Crippen LogP contribution in [0.3, 0.4) is 0 Å². The molecule has 1 aromatic carbocycles. The summed E-state index contributed by atoms with van der Waals surface area (Å²) in [6, 6.07) is 7.02. The van der Waals surface area contributed by atoms with Gasteiger partial charge in [-0.2, -0.15) is 0 Å². The first-order valence-electron chi connectivity index (χ1n) is 15.5. The standard InChI is InChI=1S/C35H49N3O/c1-6-9-28(20-25(5)24(4)7-2)33-30(8-3)31-21-27(10-11-32(31)37-33)26-12-18-38(19-13-26)34(39)29-22-35(23-29)14-16-36-17-15-35/h6,9-11,20-21,24,26,29,36-37H,1,7-8,12-19,22-23H2,2-5H3/b25-20-,28-9+. The molecule has 1 spiro atoms. The first-order valence-corrected chi connectivity index (χ1v) is 15.5. The summed E-state index contributed by atoms with van der Waals surface area (Å²) in [5.74, 6) is 1.79. The number of rotatable bonds is 8. The van der Waals surface area contributed by atoms with E-state index in [0.29, 0.717) is 23.2 Å². The van der Waals surface area contributed by atoms with Crippen molar-refractivity contribution < 1.29 is 4.79 Å². The highest BCUT2D eigenvalue weighted by Crippen LogP contribution is 2.52. The largest absolute Gasteiger partial charge is 0.354 e. The van der Waals surface area contributed by atoms with Gasteiger partial charge in [0.1, 0.15) is 0 Å². The zero-order valence-electron chi connectivity index (χ0n) is 24.7. The van der Waals surface area contributed by atoms with Crippen LogP contribution in [0.25, 0.3) is 16.5 Å². The molecule has 2 saturated heterocycles. The number of aryl methyl sites for hydroxylation is 1. The van der Waals surface area contributed by atoms with E-state index in [9.17, 15) is 4.79 Å². The normalized spacial score (nSPS) is 21.8. The topological polar surface area (TPSA) is 48.1 Å². The van der Waals surface area contributed by atoms with E-state index in [1.807, 2.05) is 6.08 Å². The van der Waals surface area contributed by atoms with Gasteiger partial charge in [-0.05, 0) is 117 Å². The number of benzene rings is 1. The van der Waals surface area contributed by atoms with Crippen LogP contribution in [0.4, 0.5) is 0 Å². The molecule has 2 aliphatic heterocycles. The van der Waals surface area contributed by atoms with Crippen molar-refractivity contribution in [2.75, 3.05) is 26.2 Å². The highest BCUT2D eigenvalue weighted by atomic mass is 16.2. The molecule has 4 heteroatoms. The van der Waals surface area contributed by atoms with Crippen LogP contribution >= 0.6 is 0 Å². The van der Waals surface area contributed by atoms with Crippen molar-refractivity contribution in [3.05, 3.63) is 65.4 Å². The van der Waals surface area contributed by atoms with Gasteiger partial charge in [0.05, 0.1) is 0 Å². The average molecular weight is 528 g/mol. The summed E-state index contributed by atoms with van der Waals surface area (Å²) in [6.45, 7) is 17.1. The molecule has 0 radical (unpaired) electrons. The fourth-order valence-corrected chi connectivity index (χ4v) is 7.39. The van der Waals surface area contributed by atoms with E-state index in [1.54, 1.807) is 0 Å². The van der Waals surface area contributed by atoms with Gasteiger partial charge >= 0.3 is 0 Å². The first kappa shape index (κ1) is 28.0. The maximum absolute atomic E-state index is 13.3. The Kier molecular flexibility index (Phi) is 8.52. The molecule has 2 N–H and O–H groups in total. The fraction of sp³-hybridized carbons (Fsp3) is 0.571. The van der Waals surface area contributed by atoms with Gasteiger partial charge in [-0.15, -0.1) is 0 Å². The van der Waals surface area contributed by atoms with Crippen LogP contribution < -0.4 is 5.32 Å². The Morgan fingerprint density at radius 1 is 1.18 bits per heavy atom. The Hall–Kier alpha value is -2.59. The number of nitrogens with zero attached hydrogens (tertiary/aromatic N) is 1. The van der Waals surface area contributed by atoms with Crippen molar-refractivity contribution in [2.24, 2.45) is 17.3 Å². The minimum absolute atomic E-state index is 0.275. The van der Waals surface area contributed by atoms with Crippen molar-refractivity contribution in [1.82, 2.24) is 15.2 Å². The number of allylic oxidation sites excluding steroid dienone is 5. The predicted molar refractivity (Wildman–Crippen MR) is 165 cm³/mol. The van der Waals surface area contributed by atoms with E-state index in [1.165, 1.54) is 51.7 Å². The maximum atomic E-state index is 13.3. The lowest BCUT2D eigenvalue weighted by atomic mass is 9.57. The van der Waals surface area contributed by atoms with E-state index in [0.717, 1.165) is 64.7 Å². The number of nitrogens with one attached hydrogen (secondary N) is 2. The Morgan fingerprint density at radius 2 is 1.90 bits per heavy atom. The number of hydrogen-bond acceptors (Lipinski definition) is 2. The van der Waals surface area contributed by atoms with Gasteiger partial charge < -0.3 is 15.2 Å². The molecule has 3 heterocycles. The summed E-state index contributed by atoms with van der Waals surface area (Å²) in [7, 11) is 0. The van der Waals surface area contributed by atoms with Crippen LogP contribution in [0.2, 0.25) is 0 Å². The third-order valence-electron chi connectivity index (χ3n) is 10.3. The van der Waals surface area contributed by atoms with Gasteiger partial charge in [-0.1, -0.05) is 57.2 Å². The molecule has 4 nitrogen and oxygen atoms in total. The number of fused-ring (bicyclic) bond motifs is 1. The number of carbonyl (C=O) groups excluding carboxylic acids is 1. The lowest BCUT2D eigenvalue weighted by molar-refractivity contribution is -0.145. The SMILES string of the molecule is C=C/C=C(\C=C(\C)C(C)CC)c1[nH]c2ccc(C3CCN(C(=O)C4CC5(CCNCC5)C4)CC3)cc2c1CC. The smallest absolute Gasteiger partial charge is 0.225 e. The van der Waals surface area contributed by atoms with Crippen LogP contribution in [0.1, 0.15) is 95.4 Å². The second-order valence-electron chi connectivity index (χ2n) is 12.6. The molecule has 1 aliphatic carbocycles. The molecule has 39 heavy (non-hydrogen) atoms. The summed E-state index contributed by atoms with van der Waals surface area (Å²) in [6.07, 6.45) is 15.4. The molecule has 1 unspecified atom stereocenters. The zero-order chi connectivity index (χ0) is 27.6. The Morgan fingerprint density at radius 3 is 2.54 bits per heavy atom. The summed E-state index contributed by atoms with van der Waals surface area (Å²) in [4.78, 5) is 19.2. The number of likely N-dealkylation sites (tertiary alicyclic amines) is 1. The van der Waals surface area contributed by atoms with Crippen molar-refractivity contribution in [3.8, 4) is 0 Å². The second kappa shape index (κ2) is 11.9. The van der Waals surface area contributed by atoms with Crippen LogP contribution in [-0.4, -0.2) is 42.0 Å². The number of amides is 1. The molecule has 1 aromatic heterocycles. The average Bonchev–Trinajstić information content (AvgIpc) is 3.33. The van der Waals surface area contributed by atoms with Gasteiger partial charge in [0.2, 0.25) is 5.91 Å². The van der Waals surface area contributed by atoms with Crippen molar-refractivity contribution in [1.29, 1.82) is 0 Å². The number of carbonyl (C=O) groups is 1. The zero-order valence-corrected chi connectivity index (χ0v) is 24.7. The Balaban J connectivity index is 1.29. The number of hydrogen-bond donors (Lipinski definition) is 2. The number of aromatic amines is 1. The molecular formula is C35H49N3O. The lowest BCUT2D eigenvalue weighted by Gasteiger charge is -2.51. The molecule has 3 aliphatic rings. The minimum Gasteiger partial charge on any atom is -0.354 e. The summed E-state index contributed by atoms with van der Waals surface area (Å²) in [5.41, 5.74) is 8.33. The summed E-state index contributed by atoms with van der Waals surface area (Å²) < 4.78 is 0. The Bertz CT molecular complexity index is 1240. The number of piperidine rings is 2. The molecule has 1 atom stereocenters. The van der Waals surface area contributed by atoms with E-state index >= 15 is 0 Å². The fourth-order valence-electron chi connectivity index (χ4n) is 7.39. The van der Waals surface area contributed by atoms with Crippen LogP contribution in [0.15, 0.2) is 48.6 Å². The Labute approximate surface area is 236 Å². The van der Waals surface area contributed by atoms with Crippen molar-refractivity contribution in [3.63, 3.8) is 0 Å². The van der Waals surface area contributed by atoms with E-state index in [-0.39, 0.29) is 5.92 Å². The quantitative estimate of drug-likeness (QED) is 0.344. The third kappa shape index (κ3) is 5.68. The highest BCUT2D eigenvalue weighted by molar-refractivity contribution is 5.92. The number of H-pyrrole nitrogens is 1. The molecular weight excluding hydrogens is 478 g/mol. The van der Waals surface area contributed by atoms with Gasteiger partial charge in [0.15, 0.2) is 0 Å². The van der Waals surface area contributed by atoms with Gasteiger partial charge in [0.25, 0.3) is 0 Å². The molecule has 2 aromatic rings. The molecule has 0 bridgehead atoms. The molecule has 3 fully saturated rings.